The molecule has 12 aromatic rings. The maximum Gasteiger partial charge on any atom is 0.164 e. The van der Waals surface area contributed by atoms with Crippen LogP contribution >= 0.6 is 11.8 Å². The van der Waals surface area contributed by atoms with Gasteiger partial charge in [0.1, 0.15) is 5.65 Å². The van der Waals surface area contributed by atoms with Crippen LogP contribution in [0.5, 0.6) is 0 Å². The third-order valence-corrected chi connectivity index (χ3v) is 13.0. The molecule has 0 saturated heterocycles. The van der Waals surface area contributed by atoms with Gasteiger partial charge in [0.25, 0.3) is 0 Å². The minimum Gasteiger partial charge on any atom is -0.309 e. The van der Waals surface area contributed by atoms with Gasteiger partial charge in [-0.05, 0) is 84.9 Å². The third-order valence-electron chi connectivity index (χ3n) is 11.9. The molecule has 6 nitrogen and oxygen atoms in total. The highest BCUT2D eigenvalue weighted by Crippen LogP contribution is 2.49. The van der Waals surface area contributed by atoms with Gasteiger partial charge in [0.2, 0.25) is 0 Å². The van der Waals surface area contributed by atoms with Crippen LogP contribution < -0.4 is 0 Å². The van der Waals surface area contributed by atoms with Crippen LogP contribution in [0.15, 0.2) is 204 Å². The smallest absolute Gasteiger partial charge is 0.164 e. The van der Waals surface area contributed by atoms with E-state index in [-0.39, 0.29) is 0 Å². The number of aromatic nitrogens is 6. The molecule has 0 unspecified atom stereocenters. The van der Waals surface area contributed by atoms with Gasteiger partial charge in [-0.2, -0.15) is 0 Å². The van der Waals surface area contributed by atoms with Gasteiger partial charge >= 0.3 is 0 Å². The van der Waals surface area contributed by atoms with Crippen LogP contribution in [0.3, 0.4) is 0 Å². The first-order valence-corrected chi connectivity index (χ1v) is 20.9. The lowest BCUT2D eigenvalue weighted by Crippen LogP contribution is -2.05. The molecular formula is C53H32N6S. The first kappa shape index (κ1) is 33.3. The summed E-state index contributed by atoms with van der Waals surface area (Å²) in [6, 6.07) is 68.8. The predicted octanol–water partition coefficient (Wildman–Crippen LogP) is 13.5. The Morgan fingerprint density at radius 2 is 0.800 bits per heavy atom. The molecule has 4 aromatic heterocycles. The Kier molecular flexibility index (Phi) is 7.14. The van der Waals surface area contributed by atoms with Crippen molar-refractivity contribution in [2.24, 2.45) is 0 Å². The fraction of sp³-hybridized carbons (Fsp3) is 0. The summed E-state index contributed by atoms with van der Waals surface area (Å²) in [7, 11) is 0. The molecule has 0 saturated carbocycles. The summed E-state index contributed by atoms with van der Waals surface area (Å²) in [5.74, 6) is 1.88. The lowest BCUT2D eigenvalue weighted by molar-refractivity contribution is 1.03. The average molecular weight is 785 g/mol. The lowest BCUT2D eigenvalue weighted by Gasteiger charge is -2.21. The van der Waals surface area contributed by atoms with Crippen molar-refractivity contribution in [2.75, 3.05) is 0 Å². The van der Waals surface area contributed by atoms with Gasteiger partial charge in [0, 0.05) is 64.8 Å². The monoisotopic (exact) mass is 784 g/mol. The van der Waals surface area contributed by atoms with Crippen molar-refractivity contribution in [1.29, 1.82) is 0 Å². The summed E-state index contributed by atoms with van der Waals surface area (Å²) in [6.45, 7) is 0. The van der Waals surface area contributed by atoms with E-state index in [9.17, 15) is 0 Å². The number of rotatable bonds is 5. The number of benzene rings is 8. The molecule has 0 aliphatic carbocycles. The van der Waals surface area contributed by atoms with Crippen molar-refractivity contribution in [1.82, 2.24) is 28.7 Å². The van der Waals surface area contributed by atoms with Crippen molar-refractivity contribution >= 4 is 66.4 Å². The Balaban J connectivity index is 0.951. The summed E-state index contributed by atoms with van der Waals surface area (Å²) in [4.78, 5) is 17.8. The standard InChI is InChI=1S/C53H32N6S/c1-2-13-33(14-3-1)50-54-51(34-25-29-36(30-26-34)57-42-19-7-4-15-38(42)39-16-5-8-20-43(39)57)56-52(55-50)35-27-31-37(32-28-35)58-44-21-9-6-17-40(44)48-41-18-12-24-47-49(41)59(53(48)58)45-22-10-11-23-46(45)60-47/h1-32H. The van der Waals surface area contributed by atoms with Crippen LogP contribution in [0.25, 0.3) is 106 Å². The first-order valence-electron chi connectivity index (χ1n) is 20.1. The highest BCUT2D eigenvalue weighted by atomic mass is 32.2. The molecule has 5 heterocycles. The van der Waals surface area contributed by atoms with Gasteiger partial charge < -0.3 is 4.57 Å². The second kappa shape index (κ2) is 12.9. The van der Waals surface area contributed by atoms with Gasteiger partial charge in [-0.3, -0.25) is 9.13 Å². The van der Waals surface area contributed by atoms with Crippen molar-refractivity contribution in [3.63, 3.8) is 0 Å². The van der Waals surface area contributed by atoms with Gasteiger partial charge in [-0.1, -0.05) is 121 Å². The summed E-state index contributed by atoms with van der Waals surface area (Å²) < 4.78 is 7.21. The van der Waals surface area contributed by atoms with Gasteiger partial charge in [0.15, 0.2) is 17.5 Å². The second-order valence-corrected chi connectivity index (χ2v) is 16.3. The molecule has 0 atom stereocenters. The van der Waals surface area contributed by atoms with E-state index in [4.69, 9.17) is 15.0 Å². The summed E-state index contributed by atoms with van der Waals surface area (Å²) in [5.41, 5.74) is 12.1. The number of nitrogens with zero attached hydrogens (tertiary/aromatic N) is 6. The first-order chi connectivity index (χ1) is 29.8. The molecule has 0 spiro atoms. The fourth-order valence-electron chi connectivity index (χ4n) is 9.26. The maximum absolute atomic E-state index is 5.14. The van der Waals surface area contributed by atoms with Crippen LogP contribution in [0.1, 0.15) is 0 Å². The van der Waals surface area contributed by atoms with E-state index >= 15 is 0 Å². The Hall–Kier alpha value is -7.74. The Bertz CT molecular complexity index is 3620. The third kappa shape index (κ3) is 4.87. The predicted molar refractivity (Wildman–Crippen MR) is 246 cm³/mol. The van der Waals surface area contributed by atoms with Crippen molar-refractivity contribution in [2.45, 2.75) is 9.79 Å². The largest absolute Gasteiger partial charge is 0.309 e. The normalized spacial score (nSPS) is 12.3. The molecule has 0 fully saturated rings. The molecule has 60 heavy (non-hydrogen) atoms. The highest BCUT2D eigenvalue weighted by Gasteiger charge is 2.27. The SMILES string of the molecule is c1ccc(-c2nc(-c3ccc(-n4c5ccccc5c5ccccc54)cc3)nc(-c3ccc(-n4c5ccccc5c5c6cccc7c6n(c54)-c4ccccc4S7)cc3)n2)cc1. The van der Waals surface area contributed by atoms with Crippen LogP contribution in [0, 0.1) is 0 Å². The molecule has 0 N–H and O–H groups in total. The van der Waals surface area contributed by atoms with E-state index in [1.807, 2.05) is 30.0 Å². The van der Waals surface area contributed by atoms with Gasteiger partial charge in [-0.25, -0.2) is 15.0 Å². The van der Waals surface area contributed by atoms with Gasteiger partial charge in [0.05, 0.1) is 27.8 Å². The molecule has 0 amide bonds. The molecule has 1 aliphatic heterocycles. The van der Waals surface area contributed by atoms with E-state index in [0.29, 0.717) is 17.5 Å². The topological polar surface area (TPSA) is 53.5 Å². The molecule has 280 valence electrons. The second-order valence-electron chi connectivity index (χ2n) is 15.2. The number of hydrogen-bond acceptors (Lipinski definition) is 4. The van der Waals surface area contributed by atoms with Crippen molar-refractivity contribution in [3.8, 4) is 51.2 Å². The molecule has 1 aliphatic rings. The zero-order valence-corrected chi connectivity index (χ0v) is 32.9. The van der Waals surface area contributed by atoms with E-state index in [1.165, 1.54) is 64.5 Å². The maximum atomic E-state index is 5.14. The Labute approximate surface area is 348 Å². The Morgan fingerprint density at radius 3 is 1.43 bits per heavy atom. The van der Waals surface area contributed by atoms with Gasteiger partial charge in [-0.15, -0.1) is 0 Å². The van der Waals surface area contributed by atoms with Crippen LogP contribution in [0.2, 0.25) is 0 Å². The fourth-order valence-corrected chi connectivity index (χ4v) is 10.4. The van der Waals surface area contributed by atoms with E-state index in [2.05, 4.69) is 190 Å². The molecule has 13 rings (SSSR count). The average Bonchev–Trinajstić information content (AvgIpc) is 3.96. The highest BCUT2D eigenvalue weighted by molar-refractivity contribution is 7.99. The number of hydrogen-bond donors (Lipinski definition) is 0. The van der Waals surface area contributed by atoms with E-state index < -0.39 is 0 Å². The molecular weight excluding hydrogens is 753 g/mol. The minimum atomic E-state index is 0.624. The lowest BCUT2D eigenvalue weighted by atomic mass is 10.1. The summed E-state index contributed by atoms with van der Waals surface area (Å²) in [6.07, 6.45) is 0. The zero-order chi connectivity index (χ0) is 39.3. The van der Waals surface area contributed by atoms with Crippen LogP contribution in [-0.4, -0.2) is 28.7 Å². The zero-order valence-electron chi connectivity index (χ0n) is 32.1. The molecule has 7 heteroatoms. The number of para-hydroxylation sites is 5. The summed E-state index contributed by atoms with van der Waals surface area (Å²) >= 11 is 1.85. The number of fused-ring (bicyclic) bond motifs is 10. The van der Waals surface area contributed by atoms with E-state index in [0.717, 1.165) is 33.7 Å². The van der Waals surface area contributed by atoms with E-state index in [1.54, 1.807) is 0 Å². The van der Waals surface area contributed by atoms with Crippen molar-refractivity contribution in [3.05, 3.63) is 194 Å². The Morgan fingerprint density at radius 1 is 0.333 bits per heavy atom. The molecule has 0 radical (unpaired) electrons. The molecule has 0 bridgehead atoms. The van der Waals surface area contributed by atoms with Crippen molar-refractivity contribution < 1.29 is 0 Å². The van der Waals surface area contributed by atoms with Crippen LogP contribution in [0.4, 0.5) is 0 Å². The van der Waals surface area contributed by atoms with Crippen LogP contribution in [-0.2, 0) is 0 Å². The molecule has 8 aromatic carbocycles. The quantitative estimate of drug-likeness (QED) is 0.174. The summed E-state index contributed by atoms with van der Waals surface area (Å²) in [5, 5.41) is 6.25. The minimum absolute atomic E-state index is 0.624.